The molecule has 0 aliphatic heterocycles. The molecule has 0 saturated heterocycles. The summed E-state index contributed by atoms with van der Waals surface area (Å²) in [4.78, 5) is 1.09. The minimum absolute atomic E-state index is 0.325. The van der Waals surface area contributed by atoms with E-state index in [2.05, 4.69) is 31.2 Å². The molecule has 17 heavy (non-hydrogen) atoms. The van der Waals surface area contributed by atoms with Crippen LogP contribution in [0.1, 0.15) is 5.82 Å². The molecule has 3 aromatic heterocycles. The molecule has 0 bridgehead atoms. The summed E-state index contributed by atoms with van der Waals surface area (Å²) >= 11 is 5.06. The smallest absolute Gasteiger partial charge is 0.177 e. The molecule has 2 N–H and O–H groups in total. The summed E-state index contributed by atoms with van der Waals surface area (Å²) < 4.78 is 2.74. The Labute approximate surface area is 109 Å². The van der Waals surface area contributed by atoms with Crippen LogP contribution in [0.3, 0.4) is 0 Å². The Balaban J connectivity index is 2.18. The van der Waals surface area contributed by atoms with E-state index in [1.54, 1.807) is 15.9 Å². The van der Waals surface area contributed by atoms with Crippen LogP contribution in [-0.4, -0.2) is 19.8 Å². The van der Waals surface area contributed by atoms with Gasteiger partial charge in [0.1, 0.15) is 5.69 Å². The van der Waals surface area contributed by atoms with Crippen molar-refractivity contribution >= 4 is 32.9 Å². The third kappa shape index (κ3) is 1.86. The molecule has 3 rings (SSSR count). The van der Waals surface area contributed by atoms with E-state index in [0.717, 1.165) is 15.0 Å². The van der Waals surface area contributed by atoms with Crippen molar-refractivity contribution in [2.45, 2.75) is 6.54 Å². The first-order chi connectivity index (χ1) is 8.28. The van der Waals surface area contributed by atoms with Gasteiger partial charge < -0.3 is 5.73 Å². The summed E-state index contributed by atoms with van der Waals surface area (Å²) in [6.07, 6.45) is 0. The summed E-state index contributed by atoms with van der Waals surface area (Å²) in [5, 5.41) is 14.5. The molecule has 0 spiro atoms. The molecule has 0 atom stereocenters. The molecule has 86 valence electrons. The minimum Gasteiger partial charge on any atom is -0.324 e. The van der Waals surface area contributed by atoms with Crippen molar-refractivity contribution in [1.82, 2.24) is 19.8 Å². The molecule has 0 aromatic carbocycles. The van der Waals surface area contributed by atoms with Crippen molar-refractivity contribution in [3.05, 3.63) is 33.9 Å². The van der Waals surface area contributed by atoms with Crippen LogP contribution in [-0.2, 0) is 6.54 Å². The van der Waals surface area contributed by atoms with E-state index in [9.17, 15) is 0 Å². The monoisotopic (exact) mass is 309 g/mol. The molecule has 3 aromatic rings. The Morgan fingerprint density at radius 3 is 2.94 bits per heavy atom. The number of nitrogens with two attached hydrogens (primary N) is 1. The first-order valence-corrected chi connectivity index (χ1v) is 6.61. The Hall–Kier alpha value is -1.31. The van der Waals surface area contributed by atoms with Gasteiger partial charge in [-0.2, -0.15) is 9.61 Å². The van der Waals surface area contributed by atoms with Gasteiger partial charge in [-0.05, 0) is 34.1 Å². The van der Waals surface area contributed by atoms with Gasteiger partial charge in [0, 0.05) is 9.85 Å². The number of halogens is 1. The van der Waals surface area contributed by atoms with Gasteiger partial charge in [0.15, 0.2) is 11.5 Å². The van der Waals surface area contributed by atoms with Crippen molar-refractivity contribution in [1.29, 1.82) is 0 Å². The van der Waals surface area contributed by atoms with Crippen LogP contribution in [0.25, 0.3) is 16.2 Å². The van der Waals surface area contributed by atoms with Gasteiger partial charge in [-0.25, -0.2) is 0 Å². The minimum atomic E-state index is 0.325. The van der Waals surface area contributed by atoms with Crippen LogP contribution in [0.15, 0.2) is 28.1 Å². The van der Waals surface area contributed by atoms with E-state index < -0.39 is 0 Å². The van der Waals surface area contributed by atoms with Gasteiger partial charge >= 0.3 is 0 Å². The predicted molar refractivity (Wildman–Crippen MR) is 69.7 cm³/mol. The van der Waals surface area contributed by atoms with Crippen LogP contribution in [0, 0.1) is 0 Å². The summed E-state index contributed by atoms with van der Waals surface area (Å²) in [6, 6.07) is 5.86. The van der Waals surface area contributed by atoms with E-state index in [-0.39, 0.29) is 0 Å². The number of hydrogen-bond acceptors (Lipinski definition) is 5. The number of aromatic nitrogens is 4. The van der Waals surface area contributed by atoms with Crippen molar-refractivity contribution in [3.63, 3.8) is 0 Å². The summed E-state index contributed by atoms with van der Waals surface area (Å²) in [7, 11) is 0. The van der Waals surface area contributed by atoms with E-state index >= 15 is 0 Å². The standard InChI is InChI=1S/C10H8BrN5S/c11-6-3-8(17-5-6)7-1-2-9-13-14-10(4-12)16(9)15-7/h1-3,5H,4,12H2. The Bertz CT molecular complexity index is 674. The second kappa shape index (κ2) is 4.17. The molecule has 0 radical (unpaired) electrons. The van der Waals surface area contributed by atoms with E-state index in [1.165, 1.54) is 0 Å². The lowest BCUT2D eigenvalue weighted by Crippen LogP contribution is -2.05. The van der Waals surface area contributed by atoms with Crippen molar-refractivity contribution in [2.24, 2.45) is 5.73 Å². The fourth-order valence-electron chi connectivity index (χ4n) is 1.54. The second-order valence-corrected chi connectivity index (χ2v) is 5.27. The topological polar surface area (TPSA) is 69.1 Å². The summed E-state index contributed by atoms with van der Waals surface area (Å²) in [6.45, 7) is 0.325. The highest BCUT2D eigenvalue weighted by molar-refractivity contribution is 9.10. The van der Waals surface area contributed by atoms with Gasteiger partial charge in [-0.1, -0.05) is 0 Å². The maximum atomic E-state index is 5.59. The second-order valence-electron chi connectivity index (χ2n) is 3.44. The molecule has 0 aliphatic carbocycles. The predicted octanol–water partition coefficient (Wildman–Crippen LogP) is 2.07. The normalized spacial score (nSPS) is 11.2. The zero-order chi connectivity index (χ0) is 11.8. The summed E-state index contributed by atoms with van der Waals surface area (Å²) in [5.74, 6) is 0.664. The zero-order valence-electron chi connectivity index (χ0n) is 8.67. The Morgan fingerprint density at radius 1 is 1.35 bits per heavy atom. The first kappa shape index (κ1) is 10.8. The Kier molecular flexibility index (Phi) is 2.65. The number of nitrogens with zero attached hydrogens (tertiary/aromatic N) is 4. The maximum Gasteiger partial charge on any atom is 0.177 e. The van der Waals surface area contributed by atoms with Crippen molar-refractivity contribution in [2.75, 3.05) is 0 Å². The lowest BCUT2D eigenvalue weighted by Gasteiger charge is -1.99. The van der Waals surface area contributed by atoms with Gasteiger partial charge in [0.05, 0.1) is 11.4 Å². The molecule has 0 fully saturated rings. The van der Waals surface area contributed by atoms with Gasteiger partial charge in [-0.3, -0.25) is 0 Å². The van der Waals surface area contributed by atoms with Gasteiger partial charge in [-0.15, -0.1) is 21.5 Å². The Morgan fingerprint density at radius 2 is 2.24 bits per heavy atom. The van der Waals surface area contributed by atoms with Gasteiger partial charge in [0.25, 0.3) is 0 Å². The SMILES string of the molecule is NCc1nnc2ccc(-c3cc(Br)cs3)nn12. The van der Waals surface area contributed by atoms with Gasteiger partial charge in [0.2, 0.25) is 0 Å². The molecule has 0 amide bonds. The van der Waals surface area contributed by atoms with Crippen LogP contribution >= 0.6 is 27.3 Å². The average molecular weight is 310 g/mol. The van der Waals surface area contributed by atoms with E-state index in [4.69, 9.17) is 5.73 Å². The fourth-order valence-corrected chi connectivity index (χ4v) is 2.93. The number of thiophene rings is 1. The number of hydrogen-bond donors (Lipinski definition) is 1. The highest BCUT2D eigenvalue weighted by Gasteiger charge is 2.08. The molecule has 0 unspecified atom stereocenters. The quantitative estimate of drug-likeness (QED) is 0.787. The largest absolute Gasteiger partial charge is 0.324 e. The molecule has 3 heterocycles. The van der Waals surface area contributed by atoms with Crippen LogP contribution in [0.2, 0.25) is 0 Å². The third-order valence-electron chi connectivity index (χ3n) is 2.33. The average Bonchev–Trinajstić information content (AvgIpc) is 2.94. The third-order valence-corrected chi connectivity index (χ3v) is 4.04. The molecular weight excluding hydrogens is 302 g/mol. The number of fused-ring (bicyclic) bond motifs is 1. The molecular formula is C10H8BrN5S. The lowest BCUT2D eigenvalue weighted by atomic mass is 10.3. The van der Waals surface area contributed by atoms with Crippen molar-refractivity contribution < 1.29 is 0 Å². The van der Waals surface area contributed by atoms with E-state index in [0.29, 0.717) is 18.0 Å². The molecule has 7 heteroatoms. The lowest BCUT2D eigenvalue weighted by molar-refractivity contribution is 0.812. The molecule has 5 nitrogen and oxygen atoms in total. The highest BCUT2D eigenvalue weighted by atomic mass is 79.9. The zero-order valence-corrected chi connectivity index (χ0v) is 11.1. The summed E-state index contributed by atoms with van der Waals surface area (Å²) in [5.41, 5.74) is 7.19. The van der Waals surface area contributed by atoms with Crippen LogP contribution in [0.4, 0.5) is 0 Å². The van der Waals surface area contributed by atoms with Crippen molar-refractivity contribution in [3.8, 4) is 10.6 Å². The fraction of sp³-hybridized carbons (Fsp3) is 0.100. The first-order valence-electron chi connectivity index (χ1n) is 4.94. The van der Waals surface area contributed by atoms with Crippen LogP contribution < -0.4 is 5.73 Å². The highest BCUT2D eigenvalue weighted by Crippen LogP contribution is 2.28. The molecule has 0 saturated carbocycles. The number of rotatable bonds is 2. The van der Waals surface area contributed by atoms with Crippen LogP contribution in [0.5, 0.6) is 0 Å². The molecule has 0 aliphatic rings. The van der Waals surface area contributed by atoms with E-state index in [1.807, 2.05) is 23.6 Å². The maximum absolute atomic E-state index is 5.59.